The van der Waals surface area contributed by atoms with Crippen LogP contribution in [0.25, 0.3) is 10.9 Å². The number of alkyl halides is 6. The maximum Gasteiger partial charge on any atom is 0.433 e. The summed E-state index contributed by atoms with van der Waals surface area (Å²) >= 11 is 3.37. The Hall–Kier alpha value is -3.22. The van der Waals surface area contributed by atoms with Gasteiger partial charge in [-0.2, -0.15) is 26.3 Å². The van der Waals surface area contributed by atoms with Crippen molar-refractivity contribution in [3.63, 3.8) is 0 Å². The molecule has 1 atom stereocenters. The molecule has 5 rings (SSSR count). The summed E-state index contributed by atoms with van der Waals surface area (Å²) in [6, 6.07) is 6.25. The van der Waals surface area contributed by atoms with Crippen molar-refractivity contribution in [3.8, 4) is 0 Å². The second-order valence-corrected chi connectivity index (χ2v) is 9.50. The number of hydrogen-bond acceptors (Lipinski definition) is 3. The van der Waals surface area contributed by atoms with Crippen molar-refractivity contribution in [1.29, 1.82) is 0 Å². The van der Waals surface area contributed by atoms with E-state index in [2.05, 4.69) is 30.9 Å². The van der Waals surface area contributed by atoms with Crippen LogP contribution in [-0.4, -0.2) is 21.5 Å². The highest BCUT2D eigenvalue weighted by Gasteiger charge is 2.42. The van der Waals surface area contributed by atoms with Crippen LogP contribution in [0, 0.1) is 18.6 Å². The molecule has 2 aromatic heterocycles. The molecule has 0 aliphatic carbocycles. The molecular formula is C24H15BrF8N4. The summed E-state index contributed by atoms with van der Waals surface area (Å²) < 4.78 is 112. The SMILES string of the molecule is Cc1ccc([C@H]2c3[nH]c4ccc(Br)cc4c3CCN2c2nc(C(F)(F)F)cc(C(F)(F)F)n2)c(F)c1F. The second kappa shape index (κ2) is 8.67. The van der Waals surface area contributed by atoms with Crippen LogP contribution in [0.15, 0.2) is 40.9 Å². The Morgan fingerprint density at radius 3 is 2.19 bits per heavy atom. The van der Waals surface area contributed by atoms with Gasteiger partial charge in [-0.1, -0.05) is 28.1 Å². The lowest BCUT2D eigenvalue weighted by molar-refractivity contribution is -0.147. The molecular weight excluding hydrogens is 576 g/mol. The van der Waals surface area contributed by atoms with Gasteiger partial charge in [-0.15, -0.1) is 0 Å². The van der Waals surface area contributed by atoms with Crippen LogP contribution in [0.5, 0.6) is 0 Å². The number of fused-ring (bicyclic) bond motifs is 3. The average Bonchev–Trinajstić information content (AvgIpc) is 3.19. The second-order valence-electron chi connectivity index (χ2n) is 8.59. The van der Waals surface area contributed by atoms with E-state index >= 15 is 4.39 Å². The van der Waals surface area contributed by atoms with Crippen molar-refractivity contribution in [2.75, 3.05) is 11.4 Å². The van der Waals surface area contributed by atoms with E-state index in [4.69, 9.17) is 0 Å². The fourth-order valence-corrected chi connectivity index (χ4v) is 4.89. The summed E-state index contributed by atoms with van der Waals surface area (Å²) in [6.45, 7) is 1.17. The Labute approximate surface area is 212 Å². The highest BCUT2D eigenvalue weighted by Crippen LogP contribution is 2.43. The van der Waals surface area contributed by atoms with Crippen molar-refractivity contribution in [2.24, 2.45) is 0 Å². The lowest BCUT2D eigenvalue weighted by Gasteiger charge is -2.37. The highest BCUT2D eigenvalue weighted by molar-refractivity contribution is 9.10. The fourth-order valence-electron chi connectivity index (χ4n) is 4.53. The van der Waals surface area contributed by atoms with Gasteiger partial charge in [0.05, 0.1) is 0 Å². The molecule has 0 spiro atoms. The first-order chi connectivity index (χ1) is 17.3. The van der Waals surface area contributed by atoms with Crippen LogP contribution in [0.2, 0.25) is 0 Å². The zero-order valence-corrected chi connectivity index (χ0v) is 20.3. The first-order valence-electron chi connectivity index (χ1n) is 10.8. The van der Waals surface area contributed by atoms with Crippen molar-refractivity contribution >= 4 is 32.8 Å². The van der Waals surface area contributed by atoms with Crippen molar-refractivity contribution in [3.05, 3.63) is 86.3 Å². The van der Waals surface area contributed by atoms with E-state index in [1.807, 2.05) is 0 Å². The molecule has 194 valence electrons. The Kier molecular flexibility index (Phi) is 5.96. The smallest absolute Gasteiger partial charge is 0.356 e. The van der Waals surface area contributed by atoms with E-state index in [0.717, 1.165) is 14.8 Å². The van der Waals surface area contributed by atoms with Crippen molar-refractivity contribution < 1.29 is 35.1 Å². The van der Waals surface area contributed by atoms with Gasteiger partial charge in [0, 0.05) is 33.2 Å². The van der Waals surface area contributed by atoms with Crippen molar-refractivity contribution in [2.45, 2.75) is 31.7 Å². The minimum atomic E-state index is -5.21. The third-order valence-electron chi connectivity index (χ3n) is 6.24. The minimum Gasteiger partial charge on any atom is -0.356 e. The van der Waals surface area contributed by atoms with Gasteiger partial charge >= 0.3 is 12.4 Å². The molecule has 3 heterocycles. The summed E-state index contributed by atoms with van der Waals surface area (Å²) in [6.07, 6.45) is -10.2. The molecule has 1 N–H and O–H groups in total. The summed E-state index contributed by atoms with van der Waals surface area (Å²) in [5.41, 5.74) is -2.34. The van der Waals surface area contributed by atoms with Crippen LogP contribution in [0.3, 0.4) is 0 Å². The molecule has 1 aliphatic rings. The third-order valence-corrected chi connectivity index (χ3v) is 6.73. The first-order valence-corrected chi connectivity index (χ1v) is 11.6. The molecule has 0 saturated carbocycles. The number of hydrogen-bond donors (Lipinski definition) is 1. The summed E-state index contributed by atoms with van der Waals surface area (Å²) in [5.74, 6) is -3.35. The number of nitrogens with zero attached hydrogens (tertiary/aromatic N) is 3. The first kappa shape index (κ1) is 25.4. The lowest BCUT2D eigenvalue weighted by atomic mass is 9.91. The standard InChI is InChI=1S/C24H15BrF8N4/c1-10-2-4-13(19(27)18(10)26)21-20-12(14-8-11(25)3-5-15(14)34-20)6-7-37(21)22-35-16(23(28,29)30)9-17(36-22)24(31,32)33/h2-5,8-9,21,34H,6-7H2,1H3/t21-/m0/s1. The van der Waals surface area contributed by atoms with Crippen LogP contribution >= 0.6 is 15.9 Å². The lowest BCUT2D eigenvalue weighted by Crippen LogP contribution is -2.38. The van der Waals surface area contributed by atoms with E-state index in [0.29, 0.717) is 11.1 Å². The van der Waals surface area contributed by atoms with Gasteiger partial charge in [0.2, 0.25) is 5.95 Å². The van der Waals surface area contributed by atoms with E-state index in [-0.39, 0.29) is 35.9 Å². The third kappa shape index (κ3) is 4.42. The molecule has 0 bridgehead atoms. The topological polar surface area (TPSA) is 44.8 Å². The molecule has 0 saturated heterocycles. The van der Waals surface area contributed by atoms with Gasteiger partial charge in [-0.3, -0.25) is 0 Å². The molecule has 2 aromatic carbocycles. The highest BCUT2D eigenvalue weighted by atomic mass is 79.9. The van der Waals surface area contributed by atoms with Crippen LogP contribution < -0.4 is 4.90 Å². The monoisotopic (exact) mass is 590 g/mol. The minimum absolute atomic E-state index is 0.0147. The molecule has 0 fully saturated rings. The number of nitrogens with one attached hydrogen (secondary N) is 1. The van der Waals surface area contributed by atoms with Gasteiger partial charge in [0.25, 0.3) is 0 Å². The summed E-state index contributed by atoms with van der Waals surface area (Å²) in [4.78, 5) is 10.9. The molecule has 0 amide bonds. The molecule has 37 heavy (non-hydrogen) atoms. The zero-order valence-electron chi connectivity index (χ0n) is 18.7. The van der Waals surface area contributed by atoms with Gasteiger partial charge < -0.3 is 9.88 Å². The Morgan fingerprint density at radius 1 is 0.919 bits per heavy atom. The van der Waals surface area contributed by atoms with Gasteiger partial charge in [0.15, 0.2) is 23.0 Å². The summed E-state index contributed by atoms with van der Waals surface area (Å²) in [5, 5.41) is 0.725. The number of benzene rings is 2. The quantitative estimate of drug-likeness (QED) is 0.246. The van der Waals surface area contributed by atoms with Crippen LogP contribution in [0.1, 0.15) is 39.8 Å². The normalized spacial score (nSPS) is 16.4. The zero-order chi connectivity index (χ0) is 26.9. The van der Waals surface area contributed by atoms with E-state index in [9.17, 15) is 30.7 Å². The van der Waals surface area contributed by atoms with Crippen LogP contribution in [-0.2, 0) is 18.8 Å². The van der Waals surface area contributed by atoms with Gasteiger partial charge in [-0.05, 0) is 48.7 Å². The van der Waals surface area contributed by atoms with E-state index in [1.54, 1.807) is 18.2 Å². The molecule has 0 radical (unpaired) electrons. The van der Waals surface area contributed by atoms with Crippen molar-refractivity contribution in [1.82, 2.24) is 15.0 Å². The summed E-state index contributed by atoms with van der Waals surface area (Å²) in [7, 11) is 0. The number of halogens is 9. The van der Waals surface area contributed by atoms with Crippen LogP contribution in [0.4, 0.5) is 41.1 Å². The largest absolute Gasteiger partial charge is 0.433 e. The fraction of sp³-hybridized carbons (Fsp3) is 0.250. The Morgan fingerprint density at radius 2 is 1.57 bits per heavy atom. The Bertz CT molecular complexity index is 1490. The maximum atomic E-state index is 15.3. The molecule has 4 nitrogen and oxygen atoms in total. The Balaban J connectivity index is 1.78. The number of H-pyrrole nitrogens is 1. The maximum absolute atomic E-state index is 15.3. The number of rotatable bonds is 2. The number of aromatic nitrogens is 3. The predicted octanol–water partition coefficient (Wildman–Crippen LogP) is 7.50. The average molecular weight is 591 g/mol. The molecule has 0 unspecified atom stereocenters. The number of anilines is 1. The van der Waals surface area contributed by atoms with E-state index in [1.165, 1.54) is 19.1 Å². The molecule has 1 aliphatic heterocycles. The number of aryl methyl sites for hydroxylation is 1. The van der Waals surface area contributed by atoms with Gasteiger partial charge in [0.1, 0.15) is 6.04 Å². The molecule has 4 aromatic rings. The van der Waals surface area contributed by atoms with E-state index < -0.39 is 47.4 Å². The number of aromatic amines is 1. The van der Waals surface area contributed by atoms with Gasteiger partial charge in [-0.25, -0.2) is 18.7 Å². The predicted molar refractivity (Wildman–Crippen MR) is 122 cm³/mol. The molecule has 13 heteroatoms.